The minimum absolute atomic E-state index is 0.0453. The number of benzene rings is 3. The summed E-state index contributed by atoms with van der Waals surface area (Å²) in [7, 11) is 11.3. The molecule has 12 heteroatoms. The molecule has 2 fully saturated rings. The molecule has 0 radical (unpaired) electrons. The van der Waals surface area contributed by atoms with Gasteiger partial charge in [0.05, 0.1) is 74.3 Å². The van der Waals surface area contributed by atoms with E-state index in [1.807, 2.05) is 31.2 Å². The number of carbonyl (C=O) groups is 1. The van der Waals surface area contributed by atoms with Crippen LogP contribution in [0, 0.1) is 11.3 Å². The molecular formula is C41H49N3O9. The first-order valence-electron chi connectivity index (χ1n) is 18.0. The van der Waals surface area contributed by atoms with Crippen molar-refractivity contribution in [2.24, 2.45) is 0 Å². The van der Waals surface area contributed by atoms with E-state index in [4.69, 9.17) is 37.9 Å². The second kappa shape index (κ2) is 13.8. The molecular weight excluding hydrogens is 678 g/mol. The maximum atomic E-state index is 13.8. The van der Waals surface area contributed by atoms with Crippen LogP contribution < -0.4 is 33.2 Å². The summed E-state index contributed by atoms with van der Waals surface area (Å²) in [4.78, 5) is 18.6. The van der Waals surface area contributed by atoms with Crippen molar-refractivity contribution in [3.8, 4) is 46.3 Å². The van der Waals surface area contributed by atoms with Crippen LogP contribution in [0.4, 0.5) is 0 Å². The van der Waals surface area contributed by atoms with Gasteiger partial charge in [-0.15, -0.1) is 0 Å². The molecule has 0 N–H and O–H groups in total. The molecule has 6 atom stereocenters. The van der Waals surface area contributed by atoms with Crippen LogP contribution in [0.3, 0.4) is 0 Å². The van der Waals surface area contributed by atoms with E-state index in [0.717, 1.165) is 23.1 Å². The lowest BCUT2D eigenvalue weighted by Crippen LogP contribution is -2.72. The Morgan fingerprint density at radius 3 is 1.98 bits per heavy atom. The van der Waals surface area contributed by atoms with Crippen molar-refractivity contribution in [2.45, 2.75) is 74.7 Å². The number of hydrogen-bond acceptors (Lipinski definition) is 12. The van der Waals surface area contributed by atoms with E-state index in [-0.39, 0.29) is 42.5 Å². The first-order chi connectivity index (χ1) is 25.5. The Morgan fingerprint density at radius 2 is 1.40 bits per heavy atom. The predicted molar refractivity (Wildman–Crippen MR) is 196 cm³/mol. The molecule has 2 unspecified atom stereocenters. The molecule has 4 aliphatic heterocycles. The molecule has 4 aliphatic rings. The lowest BCUT2D eigenvalue weighted by Gasteiger charge is -2.63. The average molecular weight is 728 g/mol. The largest absolute Gasteiger partial charge is 0.493 e. The minimum atomic E-state index is -0.817. The topological polar surface area (TPSA) is 121 Å². The number of piperazine rings is 1. The summed E-state index contributed by atoms with van der Waals surface area (Å²) in [5, 5.41) is 11.1. The van der Waals surface area contributed by atoms with Gasteiger partial charge in [-0.05, 0) is 96.3 Å². The first kappa shape index (κ1) is 36.5. The van der Waals surface area contributed by atoms with Crippen molar-refractivity contribution >= 4 is 5.97 Å². The van der Waals surface area contributed by atoms with Gasteiger partial charge in [0.2, 0.25) is 5.75 Å². The normalized spacial score (nSPS) is 25.8. The fourth-order valence-electron chi connectivity index (χ4n) is 9.53. The molecule has 0 saturated carbocycles. The maximum absolute atomic E-state index is 13.8. The minimum Gasteiger partial charge on any atom is -0.493 e. The Balaban J connectivity index is 1.27. The van der Waals surface area contributed by atoms with Gasteiger partial charge >= 0.3 is 5.97 Å². The Bertz CT molecular complexity index is 1940. The summed E-state index contributed by atoms with van der Waals surface area (Å²) in [5.74, 6) is 3.55. The number of nitrogens with zero attached hydrogens (tertiary/aromatic N) is 3. The van der Waals surface area contributed by atoms with Crippen LogP contribution in [0.1, 0.15) is 78.9 Å². The molecule has 0 amide bonds. The zero-order valence-corrected chi connectivity index (χ0v) is 32.0. The highest BCUT2D eigenvalue weighted by molar-refractivity contribution is 5.71. The Labute approximate surface area is 311 Å². The average Bonchev–Trinajstić information content (AvgIpc) is 3.45. The van der Waals surface area contributed by atoms with Crippen LogP contribution in [0.5, 0.6) is 40.2 Å². The van der Waals surface area contributed by atoms with Crippen LogP contribution in [0.15, 0.2) is 36.4 Å². The fourth-order valence-corrected chi connectivity index (χ4v) is 9.53. The van der Waals surface area contributed by atoms with Crippen molar-refractivity contribution in [1.82, 2.24) is 9.80 Å². The molecule has 53 heavy (non-hydrogen) atoms. The number of carbonyl (C=O) groups excluding carboxylic acids is 1. The highest BCUT2D eigenvalue weighted by Crippen LogP contribution is 2.63. The summed E-state index contributed by atoms with van der Waals surface area (Å²) < 4.78 is 46.0. The van der Waals surface area contributed by atoms with Gasteiger partial charge in [0.25, 0.3) is 0 Å². The Morgan fingerprint density at radius 1 is 0.811 bits per heavy atom. The fraction of sp³-hybridized carbons (Fsp3) is 0.512. The van der Waals surface area contributed by atoms with Crippen LogP contribution >= 0.6 is 0 Å². The van der Waals surface area contributed by atoms with E-state index < -0.39 is 11.6 Å². The molecule has 2 bridgehead atoms. The van der Waals surface area contributed by atoms with E-state index in [2.05, 4.69) is 34.9 Å². The van der Waals surface area contributed by atoms with Gasteiger partial charge in [0.1, 0.15) is 12.1 Å². The Hall–Kier alpha value is -4.86. The lowest BCUT2D eigenvalue weighted by molar-refractivity contribution is -0.164. The van der Waals surface area contributed by atoms with Crippen LogP contribution in [0.2, 0.25) is 0 Å². The molecule has 7 rings (SSSR count). The van der Waals surface area contributed by atoms with Gasteiger partial charge in [0.15, 0.2) is 34.5 Å². The SMILES string of the molecule is COc1cc2c(cc1OC)[C@H](COC(=O)CC(C)c1cc(OC)c(OC)c(OC)c1)N1[C@@H](C2)[C@H]2c3cc(OC)c(OC)cc3C3(C)CC[C@]1(C#N)CN23. The molecule has 3 aromatic rings. The summed E-state index contributed by atoms with van der Waals surface area (Å²) in [6.07, 6.45) is 2.21. The molecule has 12 nitrogen and oxygen atoms in total. The van der Waals surface area contributed by atoms with Crippen LogP contribution in [0.25, 0.3) is 0 Å². The number of nitriles is 1. The maximum Gasteiger partial charge on any atom is 0.306 e. The van der Waals surface area contributed by atoms with E-state index in [9.17, 15) is 10.1 Å². The van der Waals surface area contributed by atoms with Crippen molar-refractivity contribution in [3.05, 3.63) is 64.2 Å². The van der Waals surface area contributed by atoms with Gasteiger partial charge in [-0.2, -0.15) is 5.26 Å². The van der Waals surface area contributed by atoms with E-state index in [1.54, 1.807) is 49.8 Å². The number of piperidine rings is 1. The van der Waals surface area contributed by atoms with Gasteiger partial charge < -0.3 is 37.9 Å². The first-order valence-corrected chi connectivity index (χ1v) is 18.0. The van der Waals surface area contributed by atoms with Gasteiger partial charge in [-0.3, -0.25) is 14.6 Å². The van der Waals surface area contributed by atoms with Crippen LogP contribution in [-0.4, -0.2) is 90.3 Å². The third-order valence-corrected chi connectivity index (χ3v) is 12.2. The highest BCUT2D eigenvalue weighted by Gasteiger charge is 2.65. The molecule has 2 saturated heterocycles. The summed E-state index contributed by atoms with van der Waals surface area (Å²) >= 11 is 0. The molecule has 3 aromatic carbocycles. The molecule has 0 aliphatic carbocycles. The van der Waals surface area contributed by atoms with Crippen molar-refractivity contribution in [2.75, 3.05) is 62.9 Å². The number of ether oxygens (including phenoxy) is 8. The van der Waals surface area contributed by atoms with E-state index in [0.29, 0.717) is 59.6 Å². The zero-order valence-electron chi connectivity index (χ0n) is 32.0. The standard InChI is InChI=1S/C41H49N3O9/c1-23(24-14-35(50-7)39(52-9)36(15-24)51-8)12-37(45)53-20-30-26-17-32(47-4)31(46-3)16-25(26)13-29-38-27-18-33(48-5)34(49-6)19-28(27)40(2)10-11-41(21-42,44(29)30)22-43(38)40/h14-19,23,29-30,38H,10-13,20,22H2,1-9H3/t23?,29-,30-,38+,40?,41-/m0/s1. The highest BCUT2D eigenvalue weighted by atomic mass is 16.5. The third kappa shape index (κ3) is 5.59. The van der Waals surface area contributed by atoms with Crippen molar-refractivity contribution in [1.29, 1.82) is 5.26 Å². The number of methoxy groups -OCH3 is 7. The number of hydrogen-bond donors (Lipinski definition) is 0. The second-order valence-electron chi connectivity index (χ2n) is 14.6. The summed E-state index contributed by atoms with van der Waals surface area (Å²) in [5.41, 5.74) is 4.17. The molecule has 282 valence electrons. The van der Waals surface area contributed by atoms with Gasteiger partial charge in [-0.25, -0.2) is 0 Å². The van der Waals surface area contributed by atoms with Crippen molar-refractivity contribution in [3.63, 3.8) is 0 Å². The summed E-state index contributed by atoms with van der Waals surface area (Å²) in [6.45, 7) is 4.86. The number of fused-ring (bicyclic) bond motifs is 8. The van der Waals surface area contributed by atoms with Crippen LogP contribution in [-0.2, 0) is 21.5 Å². The molecule has 0 spiro atoms. The predicted octanol–water partition coefficient (Wildman–Crippen LogP) is 6.09. The van der Waals surface area contributed by atoms with Gasteiger partial charge in [-0.1, -0.05) is 6.92 Å². The number of rotatable bonds is 12. The van der Waals surface area contributed by atoms with Crippen molar-refractivity contribution < 1.29 is 42.7 Å². The van der Waals surface area contributed by atoms with E-state index >= 15 is 0 Å². The third-order valence-electron chi connectivity index (χ3n) is 12.2. The van der Waals surface area contributed by atoms with E-state index in [1.165, 1.54) is 11.1 Å². The monoisotopic (exact) mass is 727 g/mol. The quantitative estimate of drug-likeness (QED) is 0.201. The smallest absolute Gasteiger partial charge is 0.306 e. The molecule has 4 heterocycles. The lowest BCUT2D eigenvalue weighted by atomic mass is 9.71. The van der Waals surface area contributed by atoms with Gasteiger partial charge in [0, 0.05) is 18.1 Å². The summed E-state index contributed by atoms with van der Waals surface area (Å²) in [6, 6.07) is 14.2. The second-order valence-corrected chi connectivity index (χ2v) is 14.6. The zero-order chi connectivity index (χ0) is 37.8. The Kier molecular flexibility index (Phi) is 9.53. The number of esters is 1. The molecule has 0 aromatic heterocycles.